The number of rotatable bonds is 10. The van der Waals surface area contributed by atoms with Crippen LogP contribution in [0.4, 0.5) is 13.2 Å². The quantitative estimate of drug-likeness (QED) is 0.223. The summed E-state index contributed by atoms with van der Waals surface area (Å²) in [7, 11) is 3.11. The number of guanidine groups is 1. The Morgan fingerprint density at radius 1 is 1.22 bits per heavy atom. The number of hydrogen-bond donors (Lipinski definition) is 2. The summed E-state index contributed by atoms with van der Waals surface area (Å²) in [4.78, 5) is 5.67. The van der Waals surface area contributed by atoms with Crippen molar-refractivity contribution in [1.82, 2.24) is 15.5 Å². The van der Waals surface area contributed by atoms with Crippen LogP contribution in [0.25, 0.3) is 0 Å². The highest BCUT2D eigenvalue weighted by Crippen LogP contribution is 2.17. The Bertz CT molecular complexity index is 556. The summed E-state index contributed by atoms with van der Waals surface area (Å²) in [6.45, 7) is 3.28. The van der Waals surface area contributed by atoms with E-state index in [1.807, 2.05) is 31.2 Å². The van der Waals surface area contributed by atoms with E-state index >= 15 is 0 Å². The van der Waals surface area contributed by atoms with Gasteiger partial charge in [0.15, 0.2) is 5.96 Å². The van der Waals surface area contributed by atoms with Gasteiger partial charge < -0.3 is 15.4 Å². The minimum absolute atomic E-state index is 0. The molecule has 0 saturated carbocycles. The van der Waals surface area contributed by atoms with Gasteiger partial charge >= 0.3 is 6.18 Å². The molecule has 0 atom stereocenters. The second-order valence-electron chi connectivity index (χ2n) is 5.96. The molecule has 0 aliphatic heterocycles. The summed E-state index contributed by atoms with van der Waals surface area (Å²) in [6.07, 6.45) is -2.81. The highest BCUT2D eigenvalue weighted by Gasteiger charge is 2.28. The Hall–Kier alpha value is -1.23. The van der Waals surface area contributed by atoms with Crippen molar-refractivity contribution in [2.45, 2.75) is 25.9 Å². The number of para-hydroxylation sites is 1. The van der Waals surface area contributed by atoms with Crippen molar-refractivity contribution < 1.29 is 17.9 Å². The lowest BCUT2D eigenvalue weighted by molar-refractivity contribution is -0.143. The molecule has 1 aromatic rings. The van der Waals surface area contributed by atoms with E-state index in [1.165, 1.54) is 11.9 Å². The first-order valence-corrected chi connectivity index (χ1v) is 8.75. The average Bonchev–Trinajstić information content (AvgIpc) is 2.57. The fraction of sp³-hybridized carbons (Fsp3) is 0.611. The molecule has 2 N–H and O–H groups in total. The highest BCUT2D eigenvalue weighted by molar-refractivity contribution is 14.0. The third kappa shape index (κ3) is 12.0. The van der Waals surface area contributed by atoms with Gasteiger partial charge in [-0.25, -0.2) is 0 Å². The first kappa shape index (κ1) is 25.8. The normalized spacial score (nSPS) is 11.9. The predicted molar refractivity (Wildman–Crippen MR) is 114 cm³/mol. The van der Waals surface area contributed by atoms with Crippen molar-refractivity contribution in [3.63, 3.8) is 0 Å². The first-order chi connectivity index (χ1) is 12.4. The lowest BCUT2D eigenvalue weighted by Gasteiger charge is -2.18. The van der Waals surface area contributed by atoms with Gasteiger partial charge in [-0.3, -0.25) is 9.89 Å². The number of nitrogens with zero attached hydrogens (tertiary/aromatic N) is 2. The number of ether oxygens (including phenoxy) is 1. The lowest BCUT2D eigenvalue weighted by atomic mass is 10.1. The maximum atomic E-state index is 12.3. The zero-order valence-electron chi connectivity index (χ0n) is 16.1. The minimum atomic E-state index is -4.16. The van der Waals surface area contributed by atoms with Crippen LogP contribution in [0.2, 0.25) is 0 Å². The zero-order chi connectivity index (χ0) is 19.4. The average molecular weight is 502 g/mol. The fourth-order valence-electron chi connectivity index (χ4n) is 2.48. The van der Waals surface area contributed by atoms with Gasteiger partial charge in [0.1, 0.15) is 5.75 Å². The van der Waals surface area contributed by atoms with E-state index in [0.29, 0.717) is 38.6 Å². The summed E-state index contributed by atoms with van der Waals surface area (Å²) >= 11 is 0. The Labute approximate surface area is 176 Å². The summed E-state index contributed by atoms with van der Waals surface area (Å²) in [5.74, 6) is 1.52. The largest absolute Gasteiger partial charge is 0.496 e. The standard InChI is InChI=1S/C18H29F3N4O.HI/c1-4-22-17(23-11-7-13-25(2)14-18(19,20)21)24-12-10-15-8-5-6-9-16(15)26-3;/h5-6,8-9H,4,7,10-14H2,1-3H3,(H2,22,23,24);1H. The molecule has 0 fully saturated rings. The maximum Gasteiger partial charge on any atom is 0.401 e. The number of alkyl halides is 3. The molecule has 0 radical (unpaired) electrons. The molecule has 156 valence electrons. The van der Waals surface area contributed by atoms with E-state index in [0.717, 1.165) is 17.7 Å². The molecule has 1 aromatic carbocycles. The molecule has 0 aliphatic carbocycles. The SMILES string of the molecule is CCNC(=NCCCN(C)CC(F)(F)F)NCCc1ccccc1OC.I. The molecule has 9 heteroatoms. The topological polar surface area (TPSA) is 48.9 Å². The molecule has 5 nitrogen and oxygen atoms in total. The van der Waals surface area contributed by atoms with Crippen LogP contribution >= 0.6 is 24.0 Å². The highest BCUT2D eigenvalue weighted by atomic mass is 127. The van der Waals surface area contributed by atoms with E-state index in [2.05, 4.69) is 15.6 Å². The van der Waals surface area contributed by atoms with Crippen LogP contribution in [0.3, 0.4) is 0 Å². The van der Waals surface area contributed by atoms with E-state index in [9.17, 15) is 13.2 Å². The van der Waals surface area contributed by atoms with Crippen LogP contribution < -0.4 is 15.4 Å². The summed E-state index contributed by atoms with van der Waals surface area (Å²) in [5.41, 5.74) is 1.10. The van der Waals surface area contributed by atoms with E-state index in [1.54, 1.807) is 7.11 Å². The van der Waals surface area contributed by atoms with Gasteiger partial charge in [0.2, 0.25) is 0 Å². The molecular formula is C18H30F3IN4O. The minimum Gasteiger partial charge on any atom is -0.496 e. The summed E-state index contributed by atoms with van der Waals surface area (Å²) < 4.78 is 42.2. The molecule has 27 heavy (non-hydrogen) atoms. The monoisotopic (exact) mass is 502 g/mol. The van der Waals surface area contributed by atoms with Gasteiger partial charge in [0.25, 0.3) is 0 Å². The number of aliphatic imine (C=N–C) groups is 1. The van der Waals surface area contributed by atoms with Crippen LogP contribution in [0, 0.1) is 0 Å². The van der Waals surface area contributed by atoms with Gasteiger partial charge in [0.05, 0.1) is 13.7 Å². The molecular weight excluding hydrogens is 472 g/mol. The van der Waals surface area contributed by atoms with E-state index < -0.39 is 12.7 Å². The van der Waals surface area contributed by atoms with Gasteiger partial charge in [-0.2, -0.15) is 13.2 Å². The third-order valence-corrected chi connectivity index (χ3v) is 3.64. The molecule has 0 aliphatic rings. The Kier molecular flexibility index (Phi) is 13.2. The Morgan fingerprint density at radius 3 is 2.56 bits per heavy atom. The van der Waals surface area contributed by atoms with Gasteiger partial charge in [-0.15, -0.1) is 24.0 Å². The Balaban J connectivity index is 0.00000676. The second-order valence-corrected chi connectivity index (χ2v) is 5.96. The number of benzene rings is 1. The second kappa shape index (κ2) is 13.9. The van der Waals surface area contributed by atoms with Crippen LogP contribution in [-0.4, -0.2) is 63.9 Å². The third-order valence-electron chi connectivity index (χ3n) is 3.64. The molecule has 0 heterocycles. The van der Waals surface area contributed by atoms with Crippen molar-refractivity contribution in [2.24, 2.45) is 4.99 Å². The predicted octanol–water partition coefficient (Wildman–Crippen LogP) is 3.30. The number of hydrogen-bond acceptors (Lipinski definition) is 3. The van der Waals surface area contributed by atoms with Crippen LogP contribution in [-0.2, 0) is 6.42 Å². The number of nitrogens with one attached hydrogen (secondary N) is 2. The molecule has 0 amide bonds. The number of halogens is 4. The number of methoxy groups -OCH3 is 1. The van der Waals surface area contributed by atoms with Crippen molar-refractivity contribution in [2.75, 3.05) is 46.9 Å². The van der Waals surface area contributed by atoms with Gasteiger partial charge in [0, 0.05) is 19.6 Å². The van der Waals surface area contributed by atoms with Gasteiger partial charge in [-0.05, 0) is 45.0 Å². The lowest BCUT2D eigenvalue weighted by Crippen LogP contribution is -2.38. The molecule has 0 aromatic heterocycles. The van der Waals surface area contributed by atoms with Crippen LogP contribution in [0.5, 0.6) is 5.75 Å². The molecule has 0 spiro atoms. The fourth-order valence-corrected chi connectivity index (χ4v) is 2.48. The molecule has 0 unspecified atom stereocenters. The Morgan fingerprint density at radius 2 is 1.93 bits per heavy atom. The van der Waals surface area contributed by atoms with Crippen molar-refractivity contribution in [3.05, 3.63) is 29.8 Å². The zero-order valence-corrected chi connectivity index (χ0v) is 18.4. The van der Waals surface area contributed by atoms with Crippen LogP contribution in [0.15, 0.2) is 29.3 Å². The van der Waals surface area contributed by atoms with Crippen molar-refractivity contribution >= 4 is 29.9 Å². The van der Waals surface area contributed by atoms with Gasteiger partial charge in [-0.1, -0.05) is 18.2 Å². The smallest absolute Gasteiger partial charge is 0.401 e. The van der Waals surface area contributed by atoms with E-state index in [4.69, 9.17) is 4.74 Å². The van der Waals surface area contributed by atoms with Crippen molar-refractivity contribution in [1.29, 1.82) is 0 Å². The van der Waals surface area contributed by atoms with Crippen molar-refractivity contribution in [3.8, 4) is 5.75 Å². The molecule has 0 saturated heterocycles. The molecule has 0 bridgehead atoms. The summed E-state index contributed by atoms with van der Waals surface area (Å²) in [6, 6.07) is 7.83. The van der Waals surface area contributed by atoms with E-state index in [-0.39, 0.29) is 24.0 Å². The summed E-state index contributed by atoms with van der Waals surface area (Å²) in [5, 5.41) is 6.37. The maximum absolute atomic E-state index is 12.3. The first-order valence-electron chi connectivity index (χ1n) is 8.75. The van der Waals surface area contributed by atoms with Crippen LogP contribution in [0.1, 0.15) is 18.9 Å². The molecule has 1 rings (SSSR count).